The van der Waals surface area contributed by atoms with Gasteiger partial charge in [-0.2, -0.15) is 0 Å². The van der Waals surface area contributed by atoms with Crippen LogP contribution < -0.4 is 4.74 Å². The number of aliphatic carboxylic acids is 1. The second-order valence-electron chi connectivity index (χ2n) is 4.60. The minimum Gasteiger partial charge on any atom is -0.508 e. The van der Waals surface area contributed by atoms with E-state index >= 15 is 0 Å². The molecule has 1 aromatic rings. The number of carboxylic acid groups (broad SMARTS) is 1. The van der Waals surface area contributed by atoms with E-state index in [1.165, 1.54) is 13.2 Å². The van der Waals surface area contributed by atoms with Crippen molar-refractivity contribution in [3.63, 3.8) is 0 Å². The molecule has 0 aliphatic heterocycles. The molecule has 0 saturated carbocycles. The summed E-state index contributed by atoms with van der Waals surface area (Å²) in [7, 11) is 1.50. The molecule has 1 aromatic carbocycles. The Morgan fingerprint density at radius 2 is 2.05 bits per heavy atom. The Morgan fingerprint density at radius 3 is 2.60 bits per heavy atom. The van der Waals surface area contributed by atoms with Gasteiger partial charge in [-0.15, -0.1) is 0 Å². The van der Waals surface area contributed by atoms with Crippen LogP contribution in [0.3, 0.4) is 0 Å². The van der Waals surface area contributed by atoms with Crippen molar-refractivity contribution in [3.8, 4) is 11.5 Å². The molecular weight excluding hydrogens is 260 g/mol. The Labute approximate surface area is 118 Å². The standard InChI is InChI=1S/C15H20O5/c1-10(4-6-15(18)19)3-5-12-13(17)7-11(9-16)8-14(12)20-2/h3,7-8,16-17H,4-6,9H2,1-2H3,(H,18,19)/b10-3+. The number of phenolic OH excluding ortho intramolecular Hbond substituents is 1. The highest BCUT2D eigenvalue weighted by atomic mass is 16.5. The molecule has 0 amide bonds. The van der Waals surface area contributed by atoms with Crippen LogP contribution >= 0.6 is 0 Å². The van der Waals surface area contributed by atoms with E-state index < -0.39 is 5.97 Å². The molecule has 0 aromatic heterocycles. The number of aliphatic hydroxyl groups excluding tert-OH is 1. The molecule has 5 heteroatoms. The summed E-state index contributed by atoms with van der Waals surface area (Å²) in [6.45, 7) is 1.69. The number of benzene rings is 1. The summed E-state index contributed by atoms with van der Waals surface area (Å²) in [4.78, 5) is 10.5. The van der Waals surface area contributed by atoms with Gasteiger partial charge in [0.25, 0.3) is 0 Å². The van der Waals surface area contributed by atoms with Crippen molar-refractivity contribution in [2.45, 2.75) is 32.8 Å². The van der Waals surface area contributed by atoms with Crippen LogP contribution in [0, 0.1) is 0 Å². The second-order valence-corrected chi connectivity index (χ2v) is 4.60. The Balaban J connectivity index is 2.86. The minimum absolute atomic E-state index is 0.0654. The molecule has 0 aliphatic rings. The number of methoxy groups -OCH3 is 1. The van der Waals surface area contributed by atoms with Crippen LogP contribution in [0.2, 0.25) is 0 Å². The molecule has 0 radical (unpaired) electrons. The molecule has 0 fully saturated rings. The smallest absolute Gasteiger partial charge is 0.303 e. The third kappa shape index (κ3) is 4.59. The second kappa shape index (κ2) is 7.55. The van der Waals surface area contributed by atoms with Crippen molar-refractivity contribution in [2.75, 3.05) is 7.11 Å². The van der Waals surface area contributed by atoms with Gasteiger partial charge in [-0.25, -0.2) is 0 Å². The molecule has 0 unspecified atom stereocenters. The molecular formula is C15H20O5. The number of hydrogen-bond acceptors (Lipinski definition) is 4. The molecule has 0 saturated heterocycles. The average molecular weight is 280 g/mol. The predicted molar refractivity (Wildman–Crippen MR) is 74.9 cm³/mol. The Hall–Kier alpha value is -2.01. The lowest BCUT2D eigenvalue weighted by Gasteiger charge is -2.11. The topological polar surface area (TPSA) is 87.0 Å². The Morgan fingerprint density at radius 1 is 1.35 bits per heavy atom. The van der Waals surface area contributed by atoms with Crippen molar-refractivity contribution < 1.29 is 24.9 Å². The van der Waals surface area contributed by atoms with Gasteiger partial charge in [0.05, 0.1) is 13.7 Å². The summed E-state index contributed by atoms with van der Waals surface area (Å²) < 4.78 is 5.20. The van der Waals surface area contributed by atoms with E-state index in [1.54, 1.807) is 6.07 Å². The molecule has 5 nitrogen and oxygen atoms in total. The first kappa shape index (κ1) is 16.0. The first-order chi connectivity index (χ1) is 9.47. The number of aromatic hydroxyl groups is 1. The molecule has 1 rings (SSSR count). The lowest BCUT2D eigenvalue weighted by Crippen LogP contribution is -1.96. The lowest BCUT2D eigenvalue weighted by atomic mass is 10.0. The fourth-order valence-electron chi connectivity index (χ4n) is 1.85. The fraction of sp³-hybridized carbons (Fsp3) is 0.400. The van der Waals surface area contributed by atoms with Gasteiger partial charge in [-0.05, 0) is 37.5 Å². The van der Waals surface area contributed by atoms with Crippen LogP contribution in [0.4, 0.5) is 0 Å². The molecule has 0 heterocycles. The summed E-state index contributed by atoms with van der Waals surface area (Å²) in [6, 6.07) is 3.17. The summed E-state index contributed by atoms with van der Waals surface area (Å²) >= 11 is 0. The van der Waals surface area contributed by atoms with E-state index in [9.17, 15) is 9.90 Å². The number of allylic oxidation sites excluding steroid dienone is 2. The van der Waals surface area contributed by atoms with Gasteiger partial charge in [0.1, 0.15) is 11.5 Å². The van der Waals surface area contributed by atoms with E-state index in [-0.39, 0.29) is 18.8 Å². The van der Waals surface area contributed by atoms with Gasteiger partial charge in [0.15, 0.2) is 0 Å². The van der Waals surface area contributed by atoms with Gasteiger partial charge in [0.2, 0.25) is 0 Å². The van der Waals surface area contributed by atoms with E-state index in [1.807, 2.05) is 13.0 Å². The molecule has 0 spiro atoms. The maximum atomic E-state index is 10.5. The molecule has 0 aliphatic carbocycles. The first-order valence-corrected chi connectivity index (χ1v) is 6.35. The van der Waals surface area contributed by atoms with Gasteiger partial charge < -0.3 is 20.1 Å². The number of carbonyl (C=O) groups is 1. The number of aliphatic hydroxyl groups is 1. The Bertz CT molecular complexity index is 505. The van der Waals surface area contributed by atoms with Gasteiger partial charge >= 0.3 is 5.97 Å². The van der Waals surface area contributed by atoms with E-state index in [0.717, 1.165) is 5.57 Å². The SMILES string of the molecule is COc1cc(CO)cc(O)c1C/C=C(\C)CCC(=O)O. The van der Waals surface area contributed by atoms with Gasteiger partial charge in [-0.3, -0.25) is 4.79 Å². The summed E-state index contributed by atoms with van der Waals surface area (Å²) in [6.07, 6.45) is 2.90. The number of rotatable bonds is 7. The molecule has 3 N–H and O–H groups in total. The van der Waals surface area contributed by atoms with Crippen molar-refractivity contribution in [1.29, 1.82) is 0 Å². The zero-order chi connectivity index (χ0) is 15.1. The monoisotopic (exact) mass is 280 g/mol. The van der Waals surface area contributed by atoms with E-state index in [2.05, 4.69) is 0 Å². The molecule has 110 valence electrons. The highest BCUT2D eigenvalue weighted by Crippen LogP contribution is 2.30. The lowest BCUT2D eigenvalue weighted by molar-refractivity contribution is -0.136. The molecule has 20 heavy (non-hydrogen) atoms. The average Bonchev–Trinajstić information content (AvgIpc) is 2.42. The number of carboxylic acids is 1. The Kier molecular flexibility index (Phi) is 6.06. The van der Waals surface area contributed by atoms with Crippen LogP contribution in [-0.4, -0.2) is 28.4 Å². The van der Waals surface area contributed by atoms with Crippen molar-refractivity contribution >= 4 is 5.97 Å². The number of ether oxygens (including phenoxy) is 1. The third-order valence-electron chi connectivity index (χ3n) is 3.04. The van der Waals surface area contributed by atoms with E-state index in [0.29, 0.717) is 29.7 Å². The zero-order valence-corrected chi connectivity index (χ0v) is 11.7. The normalized spacial score (nSPS) is 11.4. The summed E-state index contributed by atoms with van der Waals surface area (Å²) in [5.41, 5.74) is 2.15. The molecule has 0 bridgehead atoms. The minimum atomic E-state index is -0.828. The van der Waals surface area contributed by atoms with Gasteiger partial charge in [0, 0.05) is 12.0 Å². The zero-order valence-electron chi connectivity index (χ0n) is 11.7. The van der Waals surface area contributed by atoms with Crippen LogP contribution in [0.1, 0.15) is 30.9 Å². The predicted octanol–water partition coefficient (Wildman–Crippen LogP) is 2.25. The van der Waals surface area contributed by atoms with E-state index in [4.69, 9.17) is 14.9 Å². The van der Waals surface area contributed by atoms with Crippen LogP contribution in [-0.2, 0) is 17.8 Å². The summed E-state index contributed by atoms with van der Waals surface area (Å²) in [5.74, 6) is -0.252. The van der Waals surface area contributed by atoms with Crippen LogP contribution in [0.15, 0.2) is 23.8 Å². The van der Waals surface area contributed by atoms with Crippen molar-refractivity contribution in [1.82, 2.24) is 0 Å². The number of phenols is 1. The molecule has 0 atom stereocenters. The van der Waals surface area contributed by atoms with Crippen LogP contribution in [0.25, 0.3) is 0 Å². The first-order valence-electron chi connectivity index (χ1n) is 6.35. The van der Waals surface area contributed by atoms with Crippen molar-refractivity contribution in [2.24, 2.45) is 0 Å². The maximum Gasteiger partial charge on any atom is 0.303 e. The quantitative estimate of drug-likeness (QED) is 0.667. The third-order valence-corrected chi connectivity index (χ3v) is 3.04. The largest absolute Gasteiger partial charge is 0.508 e. The summed E-state index contributed by atoms with van der Waals surface area (Å²) in [5, 5.41) is 27.7. The maximum absolute atomic E-state index is 10.5. The highest BCUT2D eigenvalue weighted by Gasteiger charge is 2.10. The number of hydrogen-bond donors (Lipinski definition) is 3. The van der Waals surface area contributed by atoms with Gasteiger partial charge in [-0.1, -0.05) is 11.6 Å². The highest BCUT2D eigenvalue weighted by molar-refractivity contribution is 5.67. The van der Waals surface area contributed by atoms with Crippen molar-refractivity contribution in [3.05, 3.63) is 34.9 Å². The van der Waals surface area contributed by atoms with Crippen LogP contribution in [0.5, 0.6) is 11.5 Å². The fourth-order valence-corrected chi connectivity index (χ4v) is 1.85.